The molecule has 2 aromatic rings. The average Bonchev–Trinajstić information content (AvgIpc) is 2.47. The SMILES string of the molecule is COc1cccc(C(C)Nc2ccc(OC)c(O)c2)c1. The number of phenolic OH excluding ortho intramolecular Hbond substituents is 1. The molecule has 0 aliphatic carbocycles. The summed E-state index contributed by atoms with van der Waals surface area (Å²) in [6.07, 6.45) is 0. The van der Waals surface area contributed by atoms with Gasteiger partial charge in [0.05, 0.1) is 14.2 Å². The number of aromatic hydroxyl groups is 1. The predicted octanol–water partition coefficient (Wildman–Crippen LogP) is 3.58. The molecule has 0 amide bonds. The average molecular weight is 273 g/mol. The fraction of sp³-hybridized carbons (Fsp3) is 0.250. The third-order valence-corrected chi connectivity index (χ3v) is 3.16. The van der Waals surface area contributed by atoms with E-state index in [1.54, 1.807) is 19.2 Å². The molecule has 0 bridgehead atoms. The number of hydrogen-bond donors (Lipinski definition) is 2. The summed E-state index contributed by atoms with van der Waals surface area (Å²) in [5.41, 5.74) is 1.94. The van der Waals surface area contributed by atoms with Crippen LogP contribution >= 0.6 is 0 Å². The van der Waals surface area contributed by atoms with E-state index in [0.29, 0.717) is 5.75 Å². The fourth-order valence-electron chi connectivity index (χ4n) is 2.02. The molecule has 0 aromatic heterocycles. The lowest BCUT2D eigenvalue weighted by atomic mass is 10.1. The molecule has 1 unspecified atom stereocenters. The molecule has 1 atom stereocenters. The second kappa shape index (κ2) is 6.19. The number of anilines is 1. The van der Waals surface area contributed by atoms with Crippen LogP contribution in [-0.4, -0.2) is 19.3 Å². The van der Waals surface area contributed by atoms with Crippen LogP contribution in [0.5, 0.6) is 17.2 Å². The van der Waals surface area contributed by atoms with Crippen molar-refractivity contribution in [3.05, 3.63) is 48.0 Å². The van der Waals surface area contributed by atoms with E-state index in [0.717, 1.165) is 17.0 Å². The molecule has 4 heteroatoms. The highest BCUT2D eigenvalue weighted by molar-refractivity contribution is 5.55. The molecule has 0 spiro atoms. The summed E-state index contributed by atoms with van der Waals surface area (Å²) in [5.74, 6) is 1.41. The Morgan fingerprint density at radius 3 is 2.50 bits per heavy atom. The minimum atomic E-state index is 0.0953. The largest absolute Gasteiger partial charge is 0.504 e. The Morgan fingerprint density at radius 1 is 1.05 bits per heavy atom. The number of ether oxygens (including phenoxy) is 2. The molecule has 106 valence electrons. The lowest BCUT2D eigenvalue weighted by Crippen LogP contribution is -2.06. The van der Waals surface area contributed by atoms with Crippen LogP contribution < -0.4 is 14.8 Å². The smallest absolute Gasteiger partial charge is 0.160 e. The van der Waals surface area contributed by atoms with Crippen LogP contribution in [0.3, 0.4) is 0 Å². The van der Waals surface area contributed by atoms with Gasteiger partial charge in [-0.25, -0.2) is 0 Å². The molecule has 0 saturated heterocycles. The van der Waals surface area contributed by atoms with Crippen molar-refractivity contribution >= 4 is 5.69 Å². The summed E-state index contributed by atoms with van der Waals surface area (Å²) < 4.78 is 10.2. The summed E-state index contributed by atoms with van der Waals surface area (Å²) in [6, 6.07) is 13.2. The van der Waals surface area contributed by atoms with E-state index in [2.05, 4.69) is 12.2 Å². The number of nitrogens with one attached hydrogen (secondary N) is 1. The Kier molecular flexibility index (Phi) is 4.35. The third kappa shape index (κ3) is 3.15. The van der Waals surface area contributed by atoms with Gasteiger partial charge in [0, 0.05) is 17.8 Å². The van der Waals surface area contributed by atoms with E-state index in [9.17, 15) is 5.11 Å². The fourth-order valence-corrected chi connectivity index (χ4v) is 2.02. The van der Waals surface area contributed by atoms with Gasteiger partial charge >= 0.3 is 0 Å². The quantitative estimate of drug-likeness (QED) is 0.874. The Bertz CT molecular complexity index is 584. The molecule has 0 fully saturated rings. The van der Waals surface area contributed by atoms with Crippen molar-refractivity contribution < 1.29 is 14.6 Å². The first kappa shape index (κ1) is 14.1. The molecule has 2 rings (SSSR count). The first-order chi connectivity index (χ1) is 9.63. The van der Waals surface area contributed by atoms with Crippen molar-refractivity contribution in [3.8, 4) is 17.2 Å². The van der Waals surface area contributed by atoms with Gasteiger partial charge in [-0.3, -0.25) is 0 Å². The standard InChI is InChI=1S/C16H19NO3/c1-11(12-5-4-6-14(9-12)19-2)17-13-7-8-16(20-3)15(18)10-13/h4-11,17-18H,1-3H3. The molecular weight excluding hydrogens is 254 g/mol. The van der Waals surface area contributed by atoms with Gasteiger partial charge in [0.15, 0.2) is 11.5 Å². The number of phenols is 1. The second-order valence-electron chi connectivity index (χ2n) is 4.53. The molecule has 4 nitrogen and oxygen atoms in total. The highest BCUT2D eigenvalue weighted by atomic mass is 16.5. The van der Waals surface area contributed by atoms with Crippen molar-refractivity contribution in [1.82, 2.24) is 0 Å². The van der Waals surface area contributed by atoms with Crippen molar-refractivity contribution in [1.29, 1.82) is 0 Å². The summed E-state index contributed by atoms with van der Waals surface area (Å²) >= 11 is 0. The van der Waals surface area contributed by atoms with Gasteiger partial charge in [0.2, 0.25) is 0 Å². The molecule has 2 aromatic carbocycles. The molecule has 0 radical (unpaired) electrons. The van der Waals surface area contributed by atoms with E-state index in [4.69, 9.17) is 9.47 Å². The Labute approximate surface area is 119 Å². The zero-order valence-corrected chi connectivity index (χ0v) is 11.9. The second-order valence-corrected chi connectivity index (χ2v) is 4.53. The van der Waals surface area contributed by atoms with Crippen LogP contribution in [0.15, 0.2) is 42.5 Å². The summed E-state index contributed by atoms with van der Waals surface area (Å²) in [6.45, 7) is 2.05. The normalized spacial score (nSPS) is 11.8. The van der Waals surface area contributed by atoms with Gasteiger partial charge in [0.25, 0.3) is 0 Å². The molecule has 0 aliphatic rings. The zero-order chi connectivity index (χ0) is 14.5. The lowest BCUT2D eigenvalue weighted by Gasteiger charge is -2.17. The molecule has 0 saturated carbocycles. The van der Waals surface area contributed by atoms with Crippen molar-refractivity contribution in [2.45, 2.75) is 13.0 Å². The lowest BCUT2D eigenvalue weighted by molar-refractivity contribution is 0.373. The topological polar surface area (TPSA) is 50.7 Å². The van der Waals surface area contributed by atoms with E-state index in [1.165, 1.54) is 7.11 Å². The maximum atomic E-state index is 9.77. The highest BCUT2D eigenvalue weighted by Crippen LogP contribution is 2.30. The number of benzene rings is 2. The summed E-state index contributed by atoms with van der Waals surface area (Å²) in [5, 5.41) is 13.1. The zero-order valence-electron chi connectivity index (χ0n) is 11.9. The maximum absolute atomic E-state index is 9.77. The summed E-state index contributed by atoms with van der Waals surface area (Å²) in [4.78, 5) is 0. The predicted molar refractivity (Wildman–Crippen MR) is 79.7 cm³/mol. The Balaban J connectivity index is 2.14. The molecule has 2 N–H and O–H groups in total. The van der Waals surface area contributed by atoms with Gasteiger partial charge in [-0.1, -0.05) is 12.1 Å². The van der Waals surface area contributed by atoms with Gasteiger partial charge < -0.3 is 19.9 Å². The van der Waals surface area contributed by atoms with E-state index in [-0.39, 0.29) is 11.8 Å². The van der Waals surface area contributed by atoms with E-state index >= 15 is 0 Å². The van der Waals surface area contributed by atoms with Crippen LogP contribution in [-0.2, 0) is 0 Å². The maximum Gasteiger partial charge on any atom is 0.160 e. The third-order valence-electron chi connectivity index (χ3n) is 3.16. The van der Waals surface area contributed by atoms with E-state index in [1.807, 2.05) is 30.3 Å². The van der Waals surface area contributed by atoms with Gasteiger partial charge in [0.1, 0.15) is 5.75 Å². The van der Waals surface area contributed by atoms with Gasteiger partial charge in [-0.2, -0.15) is 0 Å². The molecule has 0 heterocycles. The van der Waals surface area contributed by atoms with E-state index < -0.39 is 0 Å². The summed E-state index contributed by atoms with van der Waals surface area (Å²) in [7, 11) is 3.18. The Morgan fingerprint density at radius 2 is 1.85 bits per heavy atom. The number of hydrogen-bond acceptors (Lipinski definition) is 4. The molecular formula is C16H19NO3. The number of methoxy groups -OCH3 is 2. The van der Waals surface area contributed by atoms with Crippen LogP contribution in [0.4, 0.5) is 5.69 Å². The molecule has 0 aliphatic heterocycles. The minimum absolute atomic E-state index is 0.0953. The first-order valence-electron chi connectivity index (χ1n) is 6.41. The van der Waals surface area contributed by atoms with Crippen molar-refractivity contribution in [2.24, 2.45) is 0 Å². The van der Waals surface area contributed by atoms with Crippen LogP contribution in [0.25, 0.3) is 0 Å². The molecule has 20 heavy (non-hydrogen) atoms. The minimum Gasteiger partial charge on any atom is -0.504 e. The van der Waals surface area contributed by atoms with Crippen LogP contribution in [0.1, 0.15) is 18.5 Å². The van der Waals surface area contributed by atoms with Gasteiger partial charge in [-0.15, -0.1) is 0 Å². The Hall–Kier alpha value is -2.36. The van der Waals surface area contributed by atoms with Crippen molar-refractivity contribution in [3.63, 3.8) is 0 Å². The van der Waals surface area contributed by atoms with Crippen LogP contribution in [0.2, 0.25) is 0 Å². The monoisotopic (exact) mass is 273 g/mol. The highest BCUT2D eigenvalue weighted by Gasteiger charge is 2.08. The van der Waals surface area contributed by atoms with Crippen LogP contribution in [0, 0.1) is 0 Å². The van der Waals surface area contributed by atoms with Crippen molar-refractivity contribution in [2.75, 3.05) is 19.5 Å². The first-order valence-corrected chi connectivity index (χ1v) is 6.41. The number of rotatable bonds is 5. The van der Waals surface area contributed by atoms with Gasteiger partial charge in [-0.05, 0) is 36.8 Å².